The highest BCUT2D eigenvalue weighted by Gasteiger charge is 2.62. The van der Waals surface area contributed by atoms with Crippen molar-refractivity contribution in [3.8, 4) is 18.1 Å². The minimum atomic E-state index is -0.910. The molecule has 3 unspecified atom stereocenters. The maximum Gasteiger partial charge on any atom is 0.131 e. The summed E-state index contributed by atoms with van der Waals surface area (Å²) >= 11 is 0. The third-order valence-electron chi connectivity index (χ3n) is 7.43. The van der Waals surface area contributed by atoms with E-state index in [0.29, 0.717) is 23.5 Å². The summed E-state index contributed by atoms with van der Waals surface area (Å²) in [6, 6.07) is 5.90. The zero-order chi connectivity index (χ0) is 16.2. The Morgan fingerprint density at radius 1 is 1.26 bits per heavy atom. The van der Waals surface area contributed by atoms with Gasteiger partial charge in [-0.2, -0.15) is 0 Å². The molecule has 0 heterocycles. The van der Waals surface area contributed by atoms with Gasteiger partial charge in [-0.05, 0) is 86.0 Å². The summed E-state index contributed by atoms with van der Waals surface area (Å²) < 4.78 is 0. The van der Waals surface area contributed by atoms with Crippen molar-refractivity contribution in [3.05, 3.63) is 29.3 Å². The van der Waals surface area contributed by atoms with Crippen LogP contribution in [0.4, 0.5) is 0 Å². The minimum Gasteiger partial charge on any atom is -0.508 e. The molecule has 0 radical (unpaired) electrons. The van der Waals surface area contributed by atoms with Crippen LogP contribution in [-0.4, -0.2) is 15.8 Å². The molecule has 2 fully saturated rings. The Morgan fingerprint density at radius 2 is 2.09 bits per heavy atom. The Kier molecular flexibility index (Phi) is 3.29. The van der Waals surface area contributed by atoms with E-state index in [1.165, 1.54) is 11.1 Å². The fourth-order valence-corrected chi connectivity index (χ4v) is 6.35. The third-order valence-corrected chi connectivity index (χ3v) is 7.43. The molecule has 5 atom stereocenters. The first-order valence-corrected chi connectivity index (χ1v) is 9.06. The van der Waals surface area contributed by atoms with Crippen molar-refractivity contribution in [1.82, 2.24) is 0 Å². The minimum absolute atomic E-state index is 0.0860. The van der Waals surface area contributed by atoms with Crippen molar-refractivity contribution in [2.75, 3.05) is 0 Å². The van der Waals surface area contributed by atoms with Crippen LogP contribution in [0, 0.1) is 29.6 Å². The quantitative estimate of drug-likeness (QED) is 0.770. The lowest BCUT2D eigenvalue weighted by molar-refractivity contribution is -0.0799. The van der Waals surface area contributed by atoms with Crippen molar-refractivity contribution in [2.24, 2.45) is 17.3 Å². The SMILES string of the molecule is C#C[C@]1(O)CCC2C3CCc4cc(O)ccc4C3CC[C@@]21CC. The summed E-state index contributed by atoms with van der Waals surface area (Å²) in [7, 11) is 0. The number of terminal acetylenes is 1. The molecule has 23 heavy (non-hydrogen) atoms. The molecule has 1 aromatic rings. The van der Waals surface area contributed by atoms with Gasteiger partial charge in [0.1, 0.15) is 11.4 Å². The lowest BCUT2D eigenvalue weighted by Gasteiger charge is -2.53. The van der Waals surface area contributed by atoms with Crippen LogP contribution < -0.4 is 0 Å². The van der Waals surface area contributed by atoms with Gasteiger partial charge in [0.25, 0.3) is 0 Å². The number of aryl methyl sites for hydroxylation is 1. The smallest absolute Gasteiger partial charge is 0.131 e. The number of fused-ring (bicyclic) bond motifs is 5. The molecule has 0 saturated heterocycles. The average molecular weight is 310 g/mol. The first-order chi connectivity index (χ1) is 11.0. The first kappa shape index (κ1) is 15.1. The molecule has 2 heteroatoms. The molecule has 0 aliphatic heterocycles. The second kappa shape index (κ2) is 5.02. The largest absolute Gasteiger partial charge is 0.508 e. The molecule has 0 bridgehead atoms. The predicted molar refractivity (Wildman–Crippen MR) is 91.1 cm³/mol. The zero-order valence-electron chi connectivity index (χ0n) is 13.9. The van der Waals surface area contributed by atoms with Gasteiger partial charge < -0.3 is 10.2 Å². The van der Waals surface area contributed by atoms with Crippen LogP contribution in [0.15, 0.2) is 18.2 Å². The monoisotopic (exact) mass is 310 g/mol. The average Bonchev–Trinajstić information content (AvgIpc) is 2.88. The normalized spacial score (nSPS) is 41.5. The second-order valence-corrected chi connectivity index (χ2v) is 7.89. The highest BCUT2D eigenvalue weighted by molar-refractivity contribution is 5.40. The fourth-order valence-electron chi connectivity index (χ4n) is 6.35. The molecule has 3 aliphatic carbocycles. The lowest BCUT2D eigenvalue weighted by Crippen LogP contribution is -2.51. The molecule has 4 rings (SSSR count). The number of hydrogen-bond acceptors (Lipinski definition) is 2. The van der Waals surface area contributed by atoms with Gasteiger partial charge in [-0.25, -0.2) is 0 Å². The number of aliphatic hydroxyl groups is 1. The van der Waals surface area contributed by atoms with E-state index in [0.717, 1.165) is 44.9 Å². The summed E-state index contributed by atoms with van der Waals surface area (Å²) in [6.07, 6.45) is 12.9. The van der Waals surface area contributed by atoms with Gasteiger partial charge in [0, 0.05) is 5.41 Å². The number of rotatable bonds is 1. The van der Waals surface area contributed by atoms with Crippen LogP contribution in [0.1, 0.15) is 62.5 Å². The molecular formula is C21H26O2. The third kappa shape index (κ3) is 1.86. The molecule has 122 valence electrons. The number of hydrogen-bond donors (Lipinski definition) is 2. The Morgan fingerprint density at radius 3 is 2.83 bits per heavy atom. The predicted octanol–water partition coefficient (Wildman–Crippen LogP) is 4.00. The van der Waals surface area contributed by atoms with Crippen LogP contribution in [0.2, 0.25) is 0 Å². The molecule has 0 aromatic heterocycles. The number of benzene rings is 1. The highest BCUT2D eigenvalue weighted by atomic mass is 16.3. The van der Waals surface area contributed by atoms with Crippen LogP contribution in [0.3, 0.4) is 0 Å². The Bertz CT molecular complexity index is 673. The van der Waals surface area contributed by atoms with E-state index in [4.69, 9.17) is 6.42 Å². The fraction of sp³-hybridized carbons (Fsp3) is 0.619. The summed E-state index contributed by atoms with van der Waals surface area (Å²) in [5.41, 5.74) is 1.75. The summed E-state index contributed by atoms with van der Waals surface area (Å²) in [5, 5.41) is 20.9. The Hall–Kier alpha value is -1.46. The Labute approximate surface area is 138 Å². The molecule has 2 nitrogen and oxygen atoms in total. The second-order valence-electron chi connectivity index (χ2n) is 7.89. The van der Waals surface area contributed by atoms with E-state index in [-0.39, 0.29) is 5.41 Å². The summed E-state index contributed by atoms with van der Waals surface area (Å²) in [4.78, 5) is 0. The van der Waals surface area contributed by atoms with Crippen molar-refractivity contribution in [2.45, 2.75) is 63.4 Å². The van der Waals surface area contributed by atoms with Crippen molar-refractivity contribution in [1.29, 1.82) is 0 Å². The molecule has 0 spiro atoms. The van der Waals surface area contributed by atoms with Gasteiger partial charge in [-0.3, -0.25) is 0 Å². The molecule has 2 saturated carbocycles. The molecule has 0 amide bonds. The van der Waals surface area contributed by atoms with E-state index in [1.54, 1.807) is 0 Å². The van der Waals surface area contributed by atoms with Crippen LogP contribution >= 0.6 is 0 Å². The maximum atomic E-state index is 11.1. The number of phenols is 1. The van der Waals surface area contributed by atoms with Gasteiger partial charge in [0.05, 0.1) is 0 Å². The number of aromatic hydroxyl groups is 1. The lowest BCUT2D eigenvalue weighted by atomic mass is 9.52. The zero-order valence-corrected chi connectivity index (χ0v) is 13.9. The van der Waals surface area contributed by atoms with Crippen LogP contribution in [0.5, 0.6) is 5.75 Å². The van der Waals surface area contributed by atoms with Crippen LogP contribution in [-0.2, 0) is 6.42 Å². The van der Waals surface area contributed by atoms with Crippen LogP contribution in [0.25, 0.3) is 0 Å². The van der Waals surface area contributed by atoms with Gasteiger partial charge in [0.2, 0.25) is 0 Å². The Balaban J connectivity index is 1.74. The number of phenolic OH excluding ortho intramolecular Hbond substituents is 1. The summed E-state index contributed by atoms with van der Waals surface area (Å²) in [6.45, 7) is 2.20. The molecule has 3 aliphatic rings. The van der Waals surface area contributed by atoms with E-state index >= 15 is 0 Å². The van der Waals surface area contributed by atoms with Gasteiger partial charge >= 0.3 is 0 Å². The standard InChI is InChI=1S/C21H26O2/c1-3-20-11-9-17-16-8-6-15(22)13-14(16)5-7-18(17)19(20)10-12-21(20,23)4-2/h2,6,8,13,17-19,22-23H,3,5,7,9-12H2,1H3/t17?,18?,19?,20-,21-/m0/s1. The first-order valence-electron chi connectivity index (χ1n) is 9.06. The van der Waals surface area contributed by atoms with E-state index in [1.807, 2.05) is 12.1 Å². The molecular weight excluding hydrogens is 284 g/mol. The van der Waals surface area contributed by atoms with Gasteiger partial charge in [0.15, 0.2) is 0 Å². The van der Waals surface area contributed by atoms with Crippen molar-refractivity contribution in [3.63, 3.8) is 0 Å². The highest BCUT2D eigenvalue weighted by Crippen LogP contribution is 2.65. The summed E-state index contributed by atoms with van der Waals surface area (Å²) in [5.74, 6) is 4.89. The molecule has 1 aromatic carbocycles. The van der Waals surface area contributed by atoms with E-state index < -0.39 is 5.60 Å². The van der Waals surface area contributed by atoms with Gasteiger partial charge in [-0.1, -0.05) is 18.9 Å². The van der Waals surface area contributed by atoms with Crippen molar-refractivity contribution < 1.29 is 10.2 Å². The molecule has 2 N–H and O–H groups in total. The van der Waals surface area contributed by atoms with Gasteiger partial charge in [-0.15, -0.1) is 6.42 Å². The van der Waals surface area contributed by atoms with Crippen molar-refractivity contribution >= 4 is 0 Å². The van der Waals surface area contributed by atoms with E-state index in [2.05, 4.69) is 18.9 Å². The maximum absolute atomic E-state index is 11.1. The van der Waals surface area contributed by atoms with E-state index in [9.17, 15) is 10.2 Å². The topological polar surface area (TPSA) is 40.5 Å².